The van der Waals surface area contributed by atoms with E-state index in [1.54, 1.807) is 0 Å². The van der Waals surface area contributed by atoms with Gasteiger partial charge in [0.25, 0.3) is 0 Å². The number of benzene rings is 1. The summed E-state index contributed by atoms with van der Waals surface area (Å²) in [5, 5.41) is 0. The van der Waals surface area contributed by atoms with Crippen LogP contribution in [0.4, 0.5) is 5.69 Å². The molecular weight excluding hydrogens is 170 g/mol. The van der Waals surface area contributed by atoms with Gasteiger partial charge in [0.1, 0.15) is 0 Å². The van der Waals surface area contributed by atoms with Gasteiger partial charge in [-0.25, -0.2) is 4.72 Å². The highest BCUT2D eigenvalue weighted by atomic mass is 32.2. The van der Waals surface area contributed by atoms with Gasteiger partial charge in [0, 0.05) is 5.56 Å². The topological polar surface area (TPSA) is 35.1 Å². The Morgan fingerprint density at radius 3 is 2.92 bits per heavy atom. The highest BCUT2D eigenvalue weighted by Crippen LogP contribution is 2.31. The van der Waals surface area contributed by atoms with Crippen molar-refractivity contribution in [1.29, 1.82) is 0 Å². The van der Waals surface area contributed by atoms with Crippen LogP contribution < -0.4 is 4.72 Å². The predicted octanol–water partition coefficient (Wildman–Crippen LogP) is 1.89. The van der Waals surface area contributed by atoms with Gasteiger partial charge in [-0.3, -0.25) is 0 Å². The summed E-state index contributed by atoms with van der Waals surface area (Å²) < 4.78 is 14.1. The molecule has 1 unspecified atom stereocenters. The van der Waals surface area contributed by atoms with Gasteiger partial charge in [0.15, 0.2) is 5.75 Å². The molecule has 1 aliphatic rings. The summed E-state index contributed by atoms with van der Waals surface area (Å²) in [6.45, 7) is 4.11. The van der Waals surface area contributed by atoms with Crippen molar-refractivity contribution in [3.63, 3.8) is 0 Å². The first-order chi connectivity index (χ1) is 5.66. The average molecular weight is 181 g/mol. The fourth-order valence-corrected chi connectivity index (χ4v) is 2.71. The van der Waals surface area contributed by atoms with Crippen molar-refractivity contribution in [1.82, 2.24) is 0 Å². The number of anilines is 1. The van der Waals surface area contributed by atoms with Crippen molar-refractivity contribution < 1.29 is 4.55 Å². The Morgan fingerprint density at radius 1 is 1.42 bits per heavy atom. The van der Waals surface area contributed by atoms with Gasteiger partial charge >= 0.3 is 0 Å². The summed E-state index contributed by atoms with van der Waals surface area (Å²) >= 11 is -0.888. The highest BCUT2D eigenvalue weighted by Gasteiger charge is 2.23. The smallest absolute Gasteiger partial charge is 0.158 e. The second kappa shape index (κ2) is 2.68. The standard InChI is InChI=1S/C9H11NOS/c1-6-3-7(2)9-8(4-6)5-12(11)10-9/h3-4,10H,5H2,1-2H3. The number of aryl methyl sites for hydroxylation is 2. The van der Waals surface area contributed by atoms with Crippen molar-refractivity contribution in [2.75, 3.05) is 4.72 Å². The molecule has 64 valence electrons. The molecule has 1 aromatic rings. The lowest BCUT2D eigenvalue weighted by atomic mass is 10.1. The molecule has 1 atom stereocenters. The van der Waals surface area contributed by atoms with Gasteiger partial charge in [-0.1, -0.05) is 11.6 Å². The van der Waals surface area contributed by atoms with E-state index in [4.69, 9.17) is 0 Å². The molecule has 1 aliphatic heterocycles. The zero-order chi connectivity index (χ0) is 8.72. The van der Waals surface area contributed by atoms with Crippen LogP contribution in [0.15, 0.2) is 12.1 Å². The summed E-state index contributed by atoms with van der Waals surface area (Å²) in [5.74, 6) is 0.651. The molecule has 1 N–H and O–H groups in total. The first-order valence-corrected chi connectivity index (χ1v) is 5.24. The maximum atomic E-state index is 11.2. The SMILES string of the molecule is Cc1cc(C)c2c(c1)C[S+]([O-])N2. The Morgan fingerprint density at radius 2 is 2.17 bits per heavy atom. The Kier molecular flexibility index (Phi) is 1.77. The first kappa shape index (κ1) is 7.95. The Balaban J connectivity index is 2.52. The minimum Gasteiger partial charge on any atom is -0.593 e. The monoisotopic (exact) mass is 181 g/mol. The van der Waals surface area contributed by atoms with E-state index in [-0.39, 0.29) is 0 Å². The quantitative estimate of drug-likeness (QED) is 0.620. The average Bonchev–Trinajstić information content (AvgIpc) is 2.29. The Labute approximate surface area is 75.3 Å². The number of hydrogen-bond acceptors (Lipinski definition) is 2. The van der Waals surface area contributed by atoms with E-state index in [9.17, 15) is 4.55 Å². The molecule has 0 aromatic heterocycles. The van der Waals surface area contributed by atoms with Crippen LogP contribution in [0.2, 0.25) is 0 Å². The molecule has 0 bridgehead atoms. The lowest BCUT2D eigenvalue weighted by Crippen LogP contribution is -2.05. The van der Waals surface area contributed by atoms with Crippen LogP contribution >= 0.6 is 0 Å². The van der Waals surface area contributed by atoms with Gasteiger partial charge in [0.2, 0.25) is 0 Å². The normalized spacial score (nSPS) is 20.4. The molecule has 2 rings (SSSR count). The van der Waals surface area contributed by atoms with Crippen molar-refractivity contribution in [2.24, 2.45) is 0 Å². The molecule has 1 aromatic carbocycles. The van der Waals surface area contributed by atoms with Crippen molar-refractivity contribution in [2.45, 2.75) is 19.6 Å². The number of nitrogens with one attached hydrogen (secondary N) is 1. The van der Waals surface area contributed by atoms with Crippen molar-refractivity contribution >= 4 is 17.0 Å². The second-order valence-corrected chi connectivity index (χ2v) is 4.39. The van der Waals surface area contributed by atoms with Crippen LogP contribution in [0.5, 0.6) is 0 Å². The number of rotatable bonds is 0. The van der Waals surface area contributed by atoms with Gasteiger partial charge in [0.05, 0.1) is 17.0 Å². The molecular formula is C9H11NOS. The van der Waals surface area contributed by atoms with Crippen LogP contribution in [0.3, 0.4) is 0 Å². The first-order valence-electron chi connectivity index (χ1n) is 3.92. The zero-order valence-electron chi connectivity index (χ0n) is 7.18. The molecule has 3 heteroatoms. The molecule has 12 heavy (non-hydrogen) atoms. The second-order valence-electron chi connectivity index (χ2n) is 3.21. The zero-order valence-corrected chi connectivity index (χ0v) is 7.99. The molecule has 0 saturated carbocycles. The summed E-state index contributed by atoms with van der Waals surface area (Å²) in [7, 11) is 0. The fourth-order valence-electron chi connectivity index (χ4n) is 1.61. The highest BCUT2D eigenvalue weighted by molar-refractivity contribution is 7.92. The third-order valence-corrected chi connectivity index (χ3v) is 3.07. The molecule has 0 spiro atoms. The largest absolute Gasteiger partial charge is 0.593 e. The van der Waals surface area contributed by atoms with Gasteiger partial charge in [-0.05, 0) is 25.5 Å². The maximum Gasteiger partial charge on any atom is 0.158 e. The molecule has 0 saturated heterocycles. The predicted molar refractivity (Wildman–Crippen MR) is 51.4 cm³/mol. The lowest BCUT2D eigenvalue weighted by Gasteiger charge is -2.03. The van der Waals surface area contributed by atoms with Crippen LogP contribution in [0, 0.1) is 13.8 Å². The van der Waals surface area contributed by atoms with E-state index in [1.807, 2.05) is 6.92 Å². The number of hydrogen-bond donors (Lipinski definition) is 1. The summed E-state index contributed by atoms with van der Waals surface area (Å²) in [5.41, 5.74) is 4.69. The third-order valence-electron chi connectivity index (χ3n) is 2.06. The van der Waals surface area contributed by atoms with E-state index >= 15 is 0 Å². The van der Waals surface area contributed by atoms with Crippen LogP contribution in [0.25, 0.3) is 0 Å². The van der Waals surface area contributed by atoms with Gasteiger partial charge in [-0.15, -0.1) is 0 Å². The van der Waals surface area contributed by atoms with E-state index in [2.05, 4.69) is 23.8 Å². The maximum absolute atomic E-state index is 11.2. The summed E-state index contributed by atoms with van der Waals surface area (Å²) in [6, 6.07) is 4.20. The van der Waals surface area contributed by atoms with E-state index in [1.165, 1.54) is 16.7 Å². The summed E-state index contributed by atoms with van der Waals surface area (Å²) in [6.07, 6.45) is 0. The van der Waals surface area contributed by atoms with E-state index in [0.717, 1.165) is 5.69 Å². The van der Waals surface area contributed by atoms with Gasteiger partial charge in [-0.2, -0.15) is 0 Å². The molecule has 0 aliphatic carbocycles. The minimum absolute atomic E-state index is 0.651. The third kappa shape index (κ3) is 1.19. The molecule has 0 fully saturated rings. The Bertz CT molecular complexity index is 325. The van der Waals surface area contributed by atoms with Crippen molar-refractivity contribution in [3.05, 3.63) is 28.8 Å². The Hall–Kier alpha value is -0.670. The van der Waals surface area contributed by atoms with E-state index < -0.39 is 11.4 Å². The van der Waals surface area contributed by atoms with Gasteiger partial charge < -0.3 is 4.55 Å². The molecule has 0 radical (unpaired) electrons. The lowest BCUT2D eigenvalue weighted by molar-refractivity contribution is 0.601. The van der Waals surface area contributed by atoms with E-state index in [0.29, 0.717) is 5.75 Å². The molecule has 1 heterocycles. The summed E-state index contributed by atoms with van der Waals surface area (Å²) in [4.78, 5) is 0. The fraction of sp³-hybridized carbons (Fsp3) is 0.333. The van der Waals surface area contributed by atoms with Crippen LogP contribution in [-0.2, 0) is 17.1 Å². The molecule has 0 amide bonds. The van der Waals surface area contributed by atoms with Crippen LogP contribution in [0.1, 0.15) is 16.7 Å². The number of fused-ring (bicyclic) bond motifs is 1. The van der Waals surface area contributed by atoms with Crippen molar-refractivity contribution in [3.8, 4) is 0 Å². The van der Waals surface area contributed by atoms with Crippen LogP contribution in [-0.4, -0.2) is 4.55 Å². The molecule has 2 nitrogen and oxygen atoms in total. The minimum atomic E-state index is -0.888.